The summed E-state index contributed by atoms with van der Waals surface area (Å²) in [7, 11) is 0. The molecule has 61 heavy (non-hydrogen) atoms. The molecule has 0 atom stereocenters. The molecule has 0 spiro atoms. The molecule has 60 nitrogen and oxygen atoms in total. The summed E-state index contributed by atoms with van der Waals surface area (Å²) < 4.78 is 0. The van der Waals surface area contributed by atoms with Crippen LogP contribution >= 0.6 is 0 Å². The highest BCUT2D eigenvalue weighted by molar-refractivity contribution is 4.27. The van der Waals surface area contributed by atoms with Gasteiger partial charge in [-0.15, -0.1) is 0 Å². The second-order valence-electron chi connectivity index (χ2n) is 7.57. The first-order valence-corrected chi connectivity index (χ1v) is 15.3. The molecule has 0 aliphatic rings. The van der Waals surface area contributed by atoms with E-state index in [1.807, 2.05) is 0 Å². The minimum absolute atomic E-state index is 0.270. The molecule has 0 radical (unpaired) electrons. The molecule has 368 valence electrons. The van der Waals surface area contributed by atoms with Crippen molar-refractivity contribution in [2.24, 2.45) is 11.7 Å². The van der Waals surface area contributed by atoms with Gasteiger partial charge in [-0.1, -0.05) is 0 Å². The molecule has 0 aromatic heterocycles. The molecule has 0 saturated carbocycles. The van der Waals surface area contributed by atoms with Crippen molar-refractivity contribution in [2.75, 3.05) is 6.67 Å². The summed E-state index contributed by atoms with van der Waals surface area (Å²) >= 11 is 0. The van der Waals surface area contributed by atoms with Gasteiger partial charge in [0.15, 0.2) is 0 Å². The number of hydrazine groups is 58. The van der Waals surface area contributed by atoms with Gasteiger partial charge in [0.05, 0.1) is 6.67 Å². The van der Waals surface area contributed by atoms with Gasteiger partial charge in [0, 0.05) is 0 Å². The lowest BCUT2D eigenvalue weighted by atomic mass is 11.2. The highest BCUT2D eigenvalue weighted by atomic mass is 16.0. The Morgan fingerprint density at radius 1 is 0.131 bits per heavy atom. The summed E-state index contributed by atoms with van der Waals surface area (Å²) in [5.41, 5.74) is 144. The molecule has 0 aliphatic carbocycles. The Morgan fingerprint density at radius 3 is 0.344 bits per heavy atom. The summed E-state index contributed by atoms with van der Waals surface area (Å²) in [6.45, 7) is 0.270. The van der Waals surface area contributed by atoms with Crippen LogP contribution < -0.4 is 332 Å². The third-order valence-corrected chi connectivity index (χ3v) is 3.75. The van der Waals surface area contributed by atoms with Crippen LogP contribution in [-0.2, 0) is 0 Å². The molecule has 0 saturated heterocycles. The average molecular weight is 917 g/mol. The number of nitrogens with two attached hydrogens (primary N) is 2. The van der Waals surface area contributed by atoms with Crippen molar-refractivity contribution in [1.82, 2.24) is 321 Å². The lowest BCUT2D eigenvalue weighted by molar-refractivity contribution is 0.182. The van der Waals surface area contributed by atoms with Gasteiger partial charge in [0.1, 0.15) is 0 Å². The van der Waals surface area contributed by atoms with E-state index >= 15 is 0 Å². The van der Waals surface area contributed by atoms with Crippen molar-refractivity contribution in [3.8, 4) is 0 Å². The van der Waals surface area contributed by atoms with Crippen molar-refractivity contribution >= 4 is 0 Å². The van der Waals surface area contributed by atoms with Gasteiger partial charge < -0.3 is 0 Å². The Balaban J connectivity index is 3.06. The Morgan fingerprint density at radius 2 is 0.230 bits per heavy atom. The molecule has 0 bridgehead atoms. The van der Waals surface area contributed by atoms with E-state index in [-0.39, 0.29) is 6.67 Å². The molecule has 0 rings (SSSR count). The van der Waals surface area contributed by atoms with Crippen LogP contribution in [-0.4, -0.2) is 6.67 Å². The maximum atomic E-state index is 4.94. The van der Waals surface area contributed by atoms with Crippen molar-refractivity contribution in [3.05, 3.63) is 0 Å². The Labute approximate surface area is 340 Å². The summed E-state index contributed by atoms with van der Waals surface area (Å²) in [6, 6.07) is 0. The van der Waals surface area contributed by atoms with Gasteiger partial charge in [-0.3, -0.25) is 11.7 Å². The van der Waals surface area contributed by atoms with E-state index in [2.05, 4.69) is 321 Å². The summed E-state index contributed by atoms with van der Waals surface area (Å²) in [5.74, 6) is 9.89. The molecule has 0 aliphatic heterocycles. The van der Waals surface area contributed by atoms with E-state index in [9.17, 15) is 0 Å². The maximum Gasteiger partial charge on any atom is 0.0748 e. The second-order valence-corrected chi connectivity index (χ2v) is 7.57. The predicted molar refractivity (Wildman–Crippen MR) is 195 cm³/mol. The molecule has 0 unspecified atom stereocenters. The molecule has 62 N–H and O–H groups in total. The van der Waals surface area contributed by atoms with E-state index in [0.717, 1.165) is 0 Å². The van der Waals surface area contributed by atoms with Crippen LogP contribution in [0.5, 0.6) is 0 Å². The average Bonchev–Trinajstić information content (AvgIpc) is 3.27. The van der Waals surface area contributed by atoms with Crippen molar-refractivity contribution in [3.63, 3.8) is 0 Å². The summed E-state index contributed by atoms with van der Waals surface area (Å²) in [5, 5.41) is 0. The van der Waals surface area contributed by atoms with Crippen molar-refractivity contribution < 1.29 is 0 Å². The zero-order valence-corrected chi connectivity index (χ0v) is 30.9. The van der Waals surface area contributed by atoms with Crippen LogP contribution in [0.4, 0.5) is 0 Å². The molecule has 0 aromatic rings. The normalized spacial score (nSPS) is 11.7. The first kappa shape index (κ1) is 58.6. The van der Waals surface area contributed by atoms with Crippen LogP contribution in [0, 0.1) is 0 Å². The number of hydrogen-bond donors (Lipinski definition) is 60. The third kappa shape index (κ3) is 57.6. The van der Waals surface area contributed by atoms with Gasteiger partial charge in [-0.2, -0.15) is 310 Å². The summed E-state index contributed by atoms with van der Waals surface area (Å²) in [6.07, 6.45) is 0. The topological polar surface area (TPSA) is 750 Å². The van der Waals surface area contributed by atoms with Crippen LogP contribution in [0.25, 0.3) is 0 Å². The SMILES string of the molecule is NNNNNNNNNNNNNNNNNNNNNNNNNNNNNNCNNNNNNNNNNNNNNNNNNNNNNNNNNNNNN. The minimum Gasteiger partial charge on any atom is -0.257 e. The van der Waals surface area contributed by atoms with Gasteiger partial charge in [-0.05, 0) is 0 Å². The number of rotatable bonds is 58. The van der Waals surface area contributed by atoms with E-state index in [1.54, 1.807) is 0 Å². The monoisotopic (exact) mass is 917 g/mol. The van der Waals surface area contributed by atoms with E-state index in [4.69, 9.17) is 11.7 Å². The first-order valence-electron chi connectivity index (χ1n) is 15.3. The fourth-order valence-corrected chi connectivity index (χ4v) is 1.86. The molecule has 0 amide bonds. The Bertz CT molecular complexity index is 644. The van der Waals surface area contributed by atoms with Crippen LogP contribution in [0.1, 0.15) is 0 Å². The highest BCUT2D eigenvalue weighted by Gasteiger charge is 1.89. The Kier molecular flexibility index (Phi) is 55.3. The Hall–Kier alpha value is -2.40. The van der Waals surface area contributed by atoms with Crippen molar-refractivity contribution in [2.45, 2.75) is 0 Å². The van der Waals surface area contributed by atoms with Gasteiger partial charge in [-0.25, -0.2) is 10.9 Å². The molecule has 0 aromatic carbocycles. The molecule has 0 heterocycles. The first-order chi connectivity index (χ1) is 30.4. The lowest BCUT2D eigenvalue weighted by Crippen LogP contribution is -2.70. The molecule has 0 fully saturated rings. The van der Waals surface area contributed by atoms with Crippen LogP contribution in [0.15, 0.2) is 0 Å². The van der Waals surface area contributed by atoms with Gasteiger partial charge >= 0.3 is 0 Å². The zero-order chi connectivity index (χ0) is 43.7. The smallest absolute Gasteiger partial charge is 0.0748 e. The quantitative estimate of drug-likeness (QED) is 0.0117. The fourth-order valence-electron chi connectivity index (χ4n) is 1.86. The highest BCUT2D eigenvalue weighted by Crippen LogP contribution is 1.38. The second kappa shape index (κ2) is 57.6. The number of nitrogens with one attached hydrogen (secondary N) is 58. The largest absolute Gasteiger partial charge is 0.257 e. The van der Waals surface area contributed by atoms with E-state index in [0.29, 0.717) is 0 Å². The third-order valence-electron chi connectivity index (χ3n) is 3.75. The minimum atomic E-state index is 0.270. The standard InChI is InChI=1S/CH64N60/c2-6-10-14-18-22-26-30-34-38-42-46-50-54-58-60-56-52-48-44-40-36-32-28-24-20-16-12-8-4-1-5-9-13-17-21-25-29-33-37-41-45-49-53-57-61-59-55-51-47-43-39-35-31-27-23-19-15-11-7-3/h4-61H,1-3H2. The van der Waals surface area contributed by atoms with Crippen LogP contribution in [0.2, 0.25) is 0 Å². The van der Waals surface area contributed by atoms with Crippen LogP contribution in [0.3, 0.4) is 0 Å². The van der Waals surface area contributed by atoms with E-state index in [1.165, 1.54) is 0 Å². The molecular formula is CH64N60. The maximum absolute atomic E-state index is 4.94. The lowest BCUT2D eigenvalue weighted by Gasteiger charge is -2.16. The zero-order valence-electron chi connectivity index (χ0n) is 30.9. The molecule has 60 heteroatoms. The van der Waals surface area contributed by atoms with Gasteiger partial charge in [0.2, 0.25) is 0 Å². The fraction of sp³-hybridized carbons (Fsp3) is 1.00. The van der Waals surface area contributed by atoms with Gasteiger partial charge in [0.25, 0.3) is 0 Å². The summed E-state index contributed by atoms with van der Waals surface area (Å²) in [4.78, 5) is 0. The van der Waals surface area contributed by atoms with E-state index < -0.39 is 0 Å². The predicted octanol–water partition coefficient (Wildman–Crippen LogP) is -29.9. The number of hydrogen-bond acceptors (Lipinski definition) is 60. The molecular weight excluding hydrogens is 852 g/mol. The van der Waals surface area contributed by atoms with Crippen molar-refractivity contribution in [1.29, 1.82) is 0 Å².